The lowest BCUT2D eigenvalue weighted by molar-refractivity contribution is 1.17. The van der Waals surface area contributed by atoms with E-state index in [0.717, 1.165) is 39.8 Å². The molecule has 0 saturated heterocycles. The molecule has 4 aliphatic heterocycles. The zero-order chi connectivity index (χ0) is 48.4. The molecule has 12 aromatic rings. The highest BCUT2D eigenvalue weighted by Crippen LogP contribution is 2.51. The minimum absolute atomic E-state index is 0.0384. The molecule has 1 aromatic heterocycles. The molecule has 0 bridgehead atoms. The van der Waals surface area contributed by atoms with Crippen LogP contribution in [-0.2, 0) is 0 Å². The molecule has 0 fully saturated rings. The van der Waals surface area contributed by atoms with Crippen molar-refractivity contribution in [2.24, 2.45) is 0 Å². The Hall–Kier alpha value is -8.55. The van der Waals surface area contributed by atoms with Crippen molar-refractivity contribution in [1.29, 1.82) is 0 Å². The van der Waals surface area contributed by atoms with Gasteiger partial charge in [0.15, 0.2) is 0 Å². The molecule has 0 aliphatic carbocycles. The van der Waals surface area contributed by atoms with Gasteiger partial charge in [0.1, 0.15) is 0 Å². The summed E-state index contributed by atoms with van der Waals surface area (Å²) in [6, 6.07) is 94.5. The Bertz CT molecular complexity index is 4150. The summed E-state index contributed by atoms with van der Waals surface area (Å²) in [4.78, 5) is 12.7. The summed E-state index contributed by atoms with van der Waals surface area (Å²) >= 11 is 3.86. The van der Waals surface area contributed by atoms with Crippen molar-refractivity contribution in [3.63, 3.8) is 0 Å². The van der Waals surface area contributed by atoms with Crippen molar-refractivity contribution in [3.8, 4) is 5.69 Å². The van der Waals surface area contributed by atoms with Gasteiger partial charge in [0.05, 0.1) is 16.7 Å². The third-order valence-electron chi connectivity index (χ3n) is 15.6. The molecular formula is C66H42B2N4S2. The molecule has 0 radical (unpaired) electrons. The summed E-state index contributed by atoms with van der Waals surface area (Å²) in [6.45, 7) is 0.0213. The summed E-state index contributed by atoms with van der Waals surface area (Å²) in [5.74, 6) is 0. The van der Waals surface area contributed by atoms with Crippen molar-refractivity contribution in [2.75, 3.05) is 14.7 Å². The van der Waals surface area contributed by atoms with Crippen LogP contribution in [0.2, 0.25) is 0 Å². The zero-order valence-corrected chi connectivity index (χ0v) is 41.6. The quantitative estimate of drug-likeness (QED) is 0.147. The topological polar surface area (TPSA) is 14.7 Å². The first-order chi connectivity index (χ1) is 36.7. The van der Waals surface area contributed by atoms with Crippen molar-refractivity contribution in [2.45, 2.75) is 19.6 Å². The van der Waals surface area contributed by atoms with E-state index in [0.29, 0.717) is 0 Å². The summed E-state index contributed by atoms with van der Waals surface area (Å²) in [5, 5.41) is 2.49. The third-order valence-corrected chi connectivity index (χ3v) is 17.9. The lowest BCUT2D eigenvalue weighted by Gasteiger charge is -2.42. The van der Waals surface area contributed by atoms with E-state index in [1.165, 1.54) is 91.2 Å². The lowest BCUT2D eigenvalue weighted by Crippen LogP contribution is -2.63. The van der Waals surface area contributed by atoms with Gasteiger partial charge in [-0.2, -0.15) is 0 Å². The average molecular weight is 977 g/mol. The summed E-state index contributed by atoms with van der Waals surface area (Å²) in [7, 11) is 0. The van der Waals surface area contributed by atoms with E-state index >= 15 is 0 Å². The van der Waals surface area contributed by atoms with E-state index in [4.69, 9.17) is 0 Å². The number of anilines is 9. The van der Waals surface area contributed by atoms with Crippen molar-refractivity contribution in [3.05, 3.63) is 255 Å². The molecule has 5 heterocycles. The van der Waals surface area contributed by atoms with E-state index in [1.807, 2.05) is 23.5 Å². The van der Waals surface area contributed by atoms with Crippen LogP contribution in [0.15, 0.2) is 274 Å². The summed E-state index contributed by atoms with van der Waals surface area (Å²) in [6.07, 6.45) is 0. The fourth-order valence-corrected chi connectivity index (χ4v) is 15.2. The summed E-state index contributed by atoms with van der Waals surface area (Å²) in [5.41, 5.74) is 22.2. The minimum atomic E-state index is -0.0384. The van der Waals surface area contributed by atoms with Gasteiger partial charge >= 0.3 is 0 Å². The fourth-order valence-electron chi connectivity index (χ4n) is 12.7. The monoisotopic (exact) mass is 976 g/mol. The van der Waals surface area contributed by atoms with Gasteiger partial charge in [0, 0.05) is 81.5 Å². The fraction of sp³-hybridized carbons (Fsp3) is 0. The molecule has 0 atom stereocenters. The molecule has 16 rings (SSSR count). The zero-order valence-electron chi connectivity index (χ0n) is 40.0. The second-order valence-electron chi connectivity index (χ2n) is 19.6. The molecule has 4 nitrogen and oxygen atoms in total. The van der Waals surface area contributed by atoms with Gasteiger partial charge in [-0.25, -0.2) is 0 Å². The lowest BCUT2D eigenvalue weighted by atomic mass is 9.31. The maximum absolute atomic E-state index is 2.64. The van der Waals surface area contributed by atoms with Crippen LogP contribution in [0, 0.1) is 0 Å². The first-order valence-corrected chi connectivity index (χ1v) is 27.0. The van der Waals surface area contributed by atoms with Gasteiger partial charge < -0.3 is 19.3 Å². The van der Waals surface area contributed by atoms with Gasteiger partial charge in [-0.1, -0.05) is 186 Å². The van der Waals surface area contributed by atoms with Crippen LogP contribution in [0.4, 0.5) is 51.2 Å². The van der Waals surface area contributed by atoms with E-state index in [1.54, 1.807) is 0 Å². The normalized spacial score (nSPS) is 13.2. The number of para-hydroxylation sites is 7. The second-order valence-corrected chi connectivity index (χ2v) is 21.7. The Morgan fingerprint density at radius 1 is 0.338 bits per heavy atom. The predicted octanol–water partition coefficient (Wildman–Crippen LogP) is 13.8. The van der Waals surface area contributed by atoms with Crippen molar-refractivity contribution >= 4 is 143 Å². The van der Waals surface area contributed by atoms with Gasteiger partial charge in [0.2, 0.25) is 6.71 Å². The van der Waals surface area contributed by atoms with Crippen LogP contribution in [-0.4, -0.2) is 18.0 Å². The van der Waals surface area contributed by atoms with Crippen LogP contribution in [0.3, 0.4) is 0 Å². The van der Waals surface area contributed by atoms with Gasteiger partial charge in [-0.15, -0.1) is 0 Å². The standard InChI is InChI=1S/C66H42B2N4S2/c1-6-22-43(23-7-1)69(44-24-8-2-9-25-44)48-38-61-65-62(39-48)74-60-42-56-52(40-53(60)68(65)51-34-18-21-37-59(51)73-61)67-50-33-17-20-36-55(50)71(47-30-14-5-15-31-47)58-41-57(63-49-32-16-19-35-54(49)72(56)66(63)64(58)67)70(45-26-10-3-11-27-45)46-28-12-4-13-29-46/h1-42H. The largest absolute Gasteiger partial charge is 0.311 e. The van der Waals surface area contributed by atoms with Crippen LogP contribution < -0.4 is 47.5 Å². The first kappa shape index (κ1) is 42.0. The molecule has 0 unspecified atom stereocenters. The molecule has 344 valence electrons. The number of hydrogen-bond donors (Lipinski definition) is 0. The predicted molar refractivity (Wildman–Crippen MR) is 315 cm³/mol. The average Bonchev–Trinajstić information content (AvgIpc) is 3.84. The van der Waals surface area contributed by atoms with Crippen molar-refractivity contribution < 1.29 is 0 Å². The van der Waals surface area contributed by atoms with Gasteiger partial charge in [-0.3, -0.25) is 0 Å². The van der Waals surface area contributed by atoms with E-state index in [-0.39, 0.29) is 13.4 Å². The Balaban J connectivity index is 1.00. The molecule has 74 heavy (non-hydrogen) atoms. The van der Waals surface area contributed by atoms with Crippen LogP contribution >= 0.6 is 23.5 Å². The highest BCUT2D eigenvalue weighted by Gasteiger charge is 2.46. The molecule has 11 aromatic carbocycles. The van der Waals surface area contributed by atoms with Gasteiger partial charge in [-0.05, 0) is 125 Å². The first-order valence-electron chi connectivity index (χ1n) is 25.4. The maximum atomic E-state index is 2.64. The molecule has 0 spiro atoms. The third kappa shape index (κ3) is 6.16. The van der Waals surface area contributed by atoms with Gasteiger partial charge in [0.25, 0.3) is 6.71 Å². The molecule has 0 N–H and O–H groups in total. The molecule has 4 aliphatic rings. The molecule has 0 amide bonds. The second kappa shape index (κ2) is 16.5. The van der Waals surface area contributed by atoms with E-state index in [9.17, 15) is 0 Å². The Kier molecular flexibility index (Phi) is 9.36. The molecule has 8 heteroatoms. The molecular weight excluding hydrogens is 935 g/mol. The van der Waals surface area contributed by atoms with E-state index in [2.05, 4.69) is 274 Å². The molecule has 0 saturated carbocycles. The highest BCUT2D eigenvalue weighted by molar-refractivity contribution is 8.01. The van der Waals surface area contributed by atoms with E-state index < -0.39 is 0 Å². The van der Waals surface area contributed by atoms with Crippen LogP contribution in [0.1, 0.15) is 0 Å². The number of aromatic nitrogens is 1. The SMILES string of the molecule is c1ccc(N(c2ccccc2)c2cc3c4c(c2)Sc2cc5c(cc2B4c2ccccc2S3)B2c3ccccc3N(c3ccccc3)c3cc(N(c4ccccc4)c4ccccc4)c4c6ccccc6n-5c4c32)cc1. The number of rotatable bonds is 7. The Morgan fingerprint density at radius 2 is 0.865 bits per heavy atom. The number of benzene rings is 11. The Labute approximate surface area is 439 Å². The number of nitrogens with zero attached hydrogens (tertiary/aromatic N) is 4. The number of fused-ring (bicyclic) bond motifs is 12. The van der Waals surface area contributed by atoms with Crippen molar-refractivity contribution in [1.82, 2.24) is 4.57 Å². The minimum Gasteiger partial charge on any atom is -0.311 e. The smallest absolute Gasteiger partial charge is 0.252 e. The number of hydrogen-bond acceptors (Lipinski definition) is 5. The van der Waals surface area contributed by atoms with Crippen LogP contribution in [0.25, 0.3) is 27.5 Å². The maximum Gasteiger partial charge on any atom is 0.252 e. The Morgan fingerprint density at radius 3 is 1.53 bits per heavy atom. The highest BCUT2D eigenvalue weighted by atomic mass is 32.2. The van der Waals surface area contributed by atoms with Crippen LogP contribution in [0.5, 0.6) is 0 Å². The summed E-state index contributed by atoms with van der Waals surface area (Å²) < 4.78 is 2.64.